The van der Waals surface area contributed by atoms with Crippen LogP contribution in [0.25, 0.3) is 10.9 Å². The molecule has 0 unspecified atom stereocenters. The first-order valence-electron chi connectivity index (χ1n) is 6.23. The number of nitrogens with one attached hydrogen (secondary N) is 1. The van der Waals surface area contributed by atoms with E-state index < -0.39 is 6.10 Å². The van der Waals surface area contributed by atoms with Gasteiger partial charge in [-0.2, -0.15) is 0 Å². The molecule has 3 heteroatoms. The molecular formula is C14H20N2O. The van der Waals surface area contributed by atoms with Gasteiger partial charge in [-0.25, -0.2) is 0 Å². The molecule has 17 heavy (non-hydrogen) atoms. The van der Waals surface area contributed by atoms with E-state index in [9.17, 15) is 5.11 Å². The molecule has 0 aliphatic heterocycles. The van der Waals surface area contributed by atoms with Crippen LogP contribution >= 0.6 is 0 Å². The number of aromatic nitrogens is 1. The summed E-state index contributed by atoms with van der Waals surface area (Å²) < 4.78 is 0. The van der Waals surface area contributed by atoms with E-state index in [0.29, 0.717) is 0 Å². The Kier molecular flexibility index (Phi) is 3.82. The summed E-state index contributed by atoms with van der Waals surface area (Å²) in [7, 11) is 0. The largest absolute Gasteiger partial charge is 0.391 e. The van der Waals surface area contributed by atoms with Crippen molar-refractivity contribution in [2.75, 3.05) is 0 Å². The molecule has 1 heterocycles. The molecule has 2 rings (SSSR count). The molecule has 4 N–H and O–H groups in total. The van der Waals surface area contributed by atoms with Crippen LogP contribution in [0.5, 0.6) is 0 Å². The molecule has 3 nitrogen and oxygen atoms in total. The molecule has 1 aromatic carbocycles. The van der Waals surface area contributed by atoms with Gasteiger partial charge in [0.2, 0.25) is 0 Å². The average Bonchev–Trinajstić information content (AvgIpc) is 2.81. The second-order valence-electron chi connectivity index (χ2n) is 4.56. The number of unbranched alkanes of at least 4 members (excludes halogenated alkanes) is 1. The topological polar surface area (TPSA) is 62.0 Å². The number of benzene rings is 1. The molecule has 2 aromatic rings. The molecule has 0 aliphatic carbocycles. The minimum absolute atomic E-state index is 0.291. The van der Waals surface area contributed by atoms with E-state index in [0.717, 1.165) is 35.7 Å². The molecule has 0 bridgehead atoms. The quantitative estimate of drug-likeness (QED) is 0.742. The second kappa shape index (κ2) is 5.34. The first-order chi connectivity index (χ1) is 8.22. The van der Waals surface area contributed by atoms with Gasteiger partial charge >= 0.3 is 0 Å². The summed E-state index contributed by atoms with van der Waals surface area (Å²) >= 11 is 0. The minimum Gasteiger partial charge on any atom is -0.391 e. The molecule has 0 radical (unpaired) electrons. The average molecular weight is 232 g/mol. The van der Waals surface area contributed by atoms with Crippen molar-refractivity contribution >= 4 is 10.9 Å². The van der Waals surface area contributed by atoms with Crippen molar-refractivity contribution < 1.29 is 5.11 Å². The number of aromatic amines is 1. The minimum atomic E-state index is -0.452. The molecule has 2 atom stereocenters. The van der Waals surface area contributed by atoms with Crippen molar-refractivity contribution in [3.05, 3.63) is 36.0 Å². The maximum Gasteiger partial charge on any atom is 0.0732 e. The van der Waals surface area contributed by atoms with Crippen molar-refractivity contribution in [1.82, 2.24) is 4.98 Å². The third kappa shape index (κ3) is 2.68. The molecule has 92 valence electrons. The highest BCUT2D eigenvalue weighted by atomic mass is 16.3. The van der Waals surface area contributed by atoms with Crippen LogP contribution in [0.1, 0.15) is 37.8 Å². The van der Waals surface area contributed by atoms with Crippen LogP contribution in [0, 0.1) is 0 Å². The first-order valence-corrected chi connectivity index (χ1v) is 6.23. The zero-order valence-electron chi connectivity index (χ0n) is 10.2. The summed E-state index contributed by atoms with van der Waals surface area (Å²) in [6.07, 6.45) is 4.32. The summed E-state index contributed by atoms with van der Waals surface area (Å²) in [6.45, 7) is 2.12. The SMILES string of the molecule is CCCC[C@H](O)[C@H](N)c1ccc2[nH]ccc2c1. The van der Waals surface area contributed by atoms with Crippen LogP contribution in [0.3, 0.4) is 0 Å². The third-order valence-electron chi connectivity index (χ3n) is 3.23. The summed E-state index contributed by atoms with van der Waals surface area (Å²) in [5.41, 5.74) is 8.18. The lowest BCUT2D eigenvalue weighted by Gasteiger charge is -2.19. The van der Waals surface area contributed by atoms with E-state index in [1.807, 2.05) is 30.5 Å². The number of aliphatic hydroxyl groups is 1. The van der Waals surface area contributed by atoms with Crippen LogP contribution < -0.4 is 5.73 Å². The summed E-state index contributed by atoms with van der Waals surface area (Å²) in [6, 6.07) is 7.77. The fourth-order valence-corrected chi connectivity index (χ4v) is 2.09. The van der Waals surface area contributed by atoms with E-state index >= 15 is 0 Å². The Morgan fingerprint density at radius 1 is 1.35 bits per heavy atom. The lowest BCUT2D eigenvalue weighted by atomic mass is 9.97. The lowest BCUT2D eigenvalue weighted by Crippen LogP contribution is -2.26. The predicted molar refractivity (Wildman–Crippen MR) is 70.8 cm³/mol. The number of aliphatic hydroxyl groups excluding tert-OH is 1. The number of hydrogen-bond donors (Lipinski definition) is 3. The van der Waals surface area contributed by atoms with Gasteiger partial charge in [-0.05, 0) is 35.6 Å². The molecular weight excluding hydrogens is 212 g/mol. The van der Waals surface area contributed by atoms with Crippen LogP contribution in [0.4, 0.5) is 0 Å². The van der Waals surface area contributed by atoms with E-state index in [-0.39, 0.29) is 6.04 Å². The molecule has 0 saturated carbocycles. The van der Waals surface area contributed by atoms with Gasteiger partial charge < -0.3 is 15.8 Å². The van der Waals surface area contributed by atoms with Crippen molar-refractivity contribution in [3.8, 4) is 0 Å². The lowest BCUT2D eigenvalue weighted by molar-refractivity contribution is 0.132. The zero-order chi connectivity index (χ0) is 12.3. The molecule has 0 aliphatic rings. The Balaban J connectivity index is 2.14. The van der Waals surface area contributed by atoms with E-state index in [1.54, 1.807) is 0 Å². The van der Waals surface area contributed by atoms with Gasteiger partial charge in [0.1, 0.15) is 0 Å². The first kappa shape index (κ1) is 12.1. The van der Waals surface area contributed by atoms with Gasteiger partial charge in [0.05, 0.1) is 12.1 Å². The van der Waals surface area contributed by atoms with Crippen LogP contribution in [0.15, 0.2) is 30.5 Å². The normalized spacial score (nSPS) is 15.0. The maximum absolute atomic E-state index is 9.99. The summed E-state index contributed by atoms with van der Waals surface area (Å²) in [5.74, 6) is 0. The maximum atomic E-state index is 9.99. The Morgan fingerprint density at radius 2 is 2.18 bits per heavy atom. The number of H-pyrrole nitrogens is 1. The van der Waals surface area contributed by atoms with Gasteiger partial charge in [0.25, 0.3) is 0 Å². The molecule has 0 spiro atoms. The van der Waals surface area contributed by atoms with Gasteiger partial charge in [0, 0.05) is 11.7 Å². The monoisotopic (exact) mass is 232 g/mol. The highest BCUT2D eigenvalue weighted by Gasteiger charge is 2.16. The molecule has 0 fully saturated rings. The van der Waals surface area contributed by atoms with Crippen molar-refractivity contribution in [3.63, 3.8) is 0 Å². The van der Waals surface area contributed by atoms with Crippen molar-refractivity contribution in [2.45, 2.75) is 38.3 Å². The number of hydrogen-bond acceptors (Lipinski definition) is 2. The Hall–Kier alpha value is -1.32. The van der Waals surface area contributed by atoms with Gasteiger partial charge in [-0.15, -0.1) is 0 Å². The van der Waals surface area contributed by atoms with E-state index in [1.165, 1.54) is 0 Å². The van der Waals surface area contributed by atoms with Crippen LogP contribution in [-0.2, 0) is 0 Å². The van der Waals surface area contributed by atoms with E-state index in [4.69, 9.17) is 5.73 Å². The molecule has 1 aromatic heterocycles. The Morgan fingerprint density at radius 3 is 2.94 bits per heavy atom. The van der Waals surface area contributed by atoms with Gasteiger partial charge in [-0.1, -0.05) is 25.8 Å². The predicted octanol–water partition coefficient (Wildman–Crippen LogP) is 2.72. The van der Waals surface area contributed by atoms with Crippen molar-refractivity contribution in [2.24, 2.45) is 5.73 Å². The second-order valence-corrected chi connectivity index (χ2v) is 4.56. The van der Waals surface area contributed by atoms with Gasteiger partial charge in [-0.3, -0.25) is 0 Å². The van der Waals surface area contributed by atoms with Crippen LogP contribution in [-0.4, -0.2) is 16.2 Å². The van der Waals surface area contributed by atoms with Crippen molar-refractivity contribution in [1.29, 1.82) is 0 Å². The highest BCUT2D eigenvalue weighted by Crippen LogP contribution is 2.22. The fourth-order valence-electron chi connectivity index (χ4n) is 2.09. The number of fused-ring (bicyclic) bond motifs is 1. The Labute approximate surface area is 102 Å². The molecule has 0 amide bonds. The third-order valence-corrected chi connectivity index (χ3v) is 3.23. The number of nitrogens with two attached hydrogens (primary N) is 1. The summed E-state index contributed by atoms with van der Waals surface area (Å²) in [4.78, 5) is 3.15. The fraction of sp³-hybridized carbons (Fsp3) is 0.429. The standard InChI is InChI=1S/C14H20N2O/c1-2-3-4-13(17)14(15)11-5-6-12-10(9-11)7-8-16-12/h5-9,13-14,16-17H,2-4,15H2,1H3/t13-,14+/m0/s1. The highest BCUT2D eigenvalue weighted by molar-refractivity contribution is 5.80. The zero-order valence-corrected chi connectivity index (χ0v) is 10.2. The smallest absolute Gasteiger partial charge is 0.0732 e. The van der Waals surface area contributed by atoms with Gasteiger partial charge in [0.15, 0.2) is 0 Å². The Bertz CT molecular complexity index is 478. The van der Waals surface area contributed by atoms with E-state index in [2.05, 4.69) is 11.9 Å². The summed E-state index contributed by atoms with van der Waals surface area (Å²) in [5, 5.41) is 11.1. The number of rotatable bonds is 5. The van der Waals surface area contributed by atoms with Crippen LogP contribution in [0.2, 0.25) is 0 Å². The molecule has 0 saturated heterocycles.